The molecule has 2 rings (SSSR count). The third-order valence-corrected chi connectivity index (χ3v) is 6.97. The van der Waals surface area contributed by atoms with E-state index in [1.807, 2.05) is 32.9 Å². The van der Waals surface area contributed by atoms with Gasteiger partial charge in [-0.1, -0.05) is 62.7 Å². The average Bonchev–Trinajstić information content (AvgIpc) is 2.79. The van der Waals surface area contributed by atoms with E-state index in [1.54, 1.807) is 43.3 Å². The van der Waals surface area contributed by atoms with E-state index in [0.717, 1.165) is 22.5 Å². The second-order valence-corrected chi connectivity index (χ2v) is 11.0. The first kappa shape index (κ1) is 27.7. The SMILES string of the molecule is CCc1ccc(N(CC(=O)N(Cc2ccccc2Cl)[C@H](C)C(=O)NCC(C)C)S(C)(=O)=O)cc1. The molecule has 0 fully saturated rings. The van der Waals surface area contributed by atoms with Crippen molar-refractivity contribution in [2.75, 3.05) is 23.7 Å². The number of anilines is 1. The third kappa shape index (κ3) is 7.74. The summed E-state index contributed by atoms with van der Waals surface area (Å²) in [6, 6.07) is 13.3. The second kappa shape index (κ2) is 12.2. The highest BCUT2D eigenvalue weighted by atomic mass is 35.5. The first-order chi connectivity index (χ1) is 15.9. The van der Waals surface area contributed by atoms with Crippen LogP contribution in [-0.2, 0) is 32.6 Å². The molecule has 0 aromatic heterocycles. The molecule has 1 N–H and O–H groups in total. The molecule has 7 nitrogen and oxygen atoms in total. The maximum Gasteiger partial charge on any atom is 0.244 e. The van der Waals surface area contributed by atoms with Crippen molar-refractivity contribution < 1.29 is 18.0 Å². The van der Waals surface area contributed by atoms with Gasteiger partial charge in [-0.05, 0) is 48.6 Å². The molecule has 0 aliphatic heterocycles. The van der Waals surface area contributed by atoms with Crippen molar-refractivity contribution in [3.05, 3.63) is 64.7 Å². The molecule has 0 aliphatic carbocycles. The molecule has 2 aromatic rings. The Hall–Kier alpha value is -2.58. The van der Waals surface area contributed by atoms with Gasteiger partial charge < -0.3 is 10.2 Å². The predicted octanol–water partition coefficient (Wildman–Crippen LogP) is 3.86. The Kier molecular flexibility index (Phi) is 9.94. The summed E-state index contributed by atoms with van der Waals surface area (Å²) in [6.45, 7) is 7.70. The summed E-state index contributed by atoms with van der Waals surface area (Å²) < 4.78 is 26.2. The molecule has 0 heterocycles. The van der Waals surface area contributed by atoms with E-state index in [9.17, 15) is 18.0 Å². The van der Waals surface area contributed by atoms with Gasteiger partial charge in [0.15, 0.2) is 0 Å². The Morgan fingerprint density at radius 2 is 1.65 bits per heavy atom. The maximum atomic E-state index is 13.5. The van der Waals surface area contributed by atoms with Crippen LogP contribution in [0.3, 0.4) is 0 Å². The number of carbonyl (C=O) groups is 2. The van der Waals surface area contributed by atoms with Gasteiger partial charge in [0.05, 0.1) is 11.9 Å². The lowest BCUT2D eigenvalue weighted by molar-refractivity contribution is -0.139. The molecule has 9 heteroatoms. The Bertz CT molecular complexity index is 1090. The number of nitrogens with zero attached hydrogens (tertiary/aromatic N) is 2. The lowest BCUT2D eigenvalue weighted by Crippen LogP contribution is -2.51. The zero-order valence-corrected chi connectivity index (χ0v) is 22.0. The van der Waals surface area contributed by atoms with Gasteiger partial charge in [-0.3, -0.25) is 13.9 Å². The van der Waals surface area contributed by atoms with E-state index in [2.05, 4.69) is 5.32 Å². The van der Waals surface area contributed by atoms with Crippen LogP contribution in [0.4, 0.5) is 5.69 Å². The molecule has 34 heavy (non-hydrogen) atoms. The minimum atomic E-state index is -3.76. The molecular weight excluding hydrogens is 474 g/mol. The third-order valence-electron chi connectivity index (χ3n) is 5.46. The predicted molar refractivity (Wildman–Crippen MR) is 137 cm³/mol. The minimum absolute atomic E-state index is 0.0706. The standard InChI is InChI=1S/C25H34ClN3O4S/c1-6-20-11-13-22(14-12-20)29(34(5,32)33)17-24(30)28(16-21-9-7-8-10-23(21)26)19(4)25(31)27-15-18(2)3/h7-14,18-19H,6,15-17H2,1-5H3,(H,27,31)/t19-/m1/s1. The zero-order valence-electron chi connectivity index (χ0n) is 20.4. The van der Waals surface area contributed by atoms with Crippen LogP contribution in [0.25, 0.3) is 0 Å². The van der Waals surface area contributed by atoms with Crippen LogP contribution < -0.4 is 9.62 Å². The molecule has 0 aliphatic rings. The first-order valence-electron chi connectivity index (χ1n) is 11.3. The van der Waals surface area contributed by atoms with Gasteiger partial charge in [0, 0.05) is 18.1 Å². The summed E-state index contributed by atoms with van der Waals surface area (Å²) in [7, 11) is -3.76. The Balaban J connectivity index is 2.37. The number of carbonyl (C=O) groups excluding carboxylic acids is 2. The number of halogens is 1. The molecule has 0 saturated carbocycles. The van der Waals surface area contributed by atoms with E-state index in [0.29, 0.717) is 22.8 Å². The quantitative estimate of drug-likeness (QED) is 0.500. The molecule has 186 valence electrons. The van der Waals surface area contributed by atoms with Gasteiger partial charge >= 0.3 is 0 Å². The molecule has 1 atom stereocenters. The van der Waals surface area contributed by atoms with Gasteiger partial charge in [-0.15, -0.1) is 0 Å². The summed E-state index contributed by atoms with van der Waals surface area (Å²) in [5.74, 6) is -0.569. The van der Waals surface area contributed by atoms with Crippen LogP contribution in [0, 0.1) is 5.92 Å². The normalized spacial score (nSPS) is 12.3. The topological polar surface area (TPSA) is 86.8 Å². The lowest BCUT2D eigenvalue weighted by Gasteiger charge is -2.32. The largest absolute Gasteiger partial charge is 0.354 e. The van der Waals surface area contributed by atoms with Crippen molar-refractivity contribution in [2.24, 2.45) is 5.92 Å². The Morgan fingerprint density at radius 1 is 1.03 bits per heavy atom. The number of aryl methyl sites for hydroxylation is 1. The molecule has 0 radical (unpaired) electrons. The van der Waals surface area contributed by atoms with Crippen LogP contribution in [0.2, 0.25) is 5.02 Å². The fraction of sp³-hybridized carbons (Fsp3) is 0.440. The van der Waals surface area contributed by atoms with Crippen LogP contribution in [0.15, 0.2) is 48.5 Å². The maximum absolute atomic E-state index is 13.5. The van der Waals surface area contributed by atoms with Crippen LogP contribution in [0.1, 0.15) is 38.8 Å². The Morgan fingerprint density at radius 3 is 2.18 bits per heavy atom. The van der Waals surface area contributed by atoms with Crippen molar-refractivity contribution in [1.29, 1.82) is 0 Å². The number of rotatable bonds is 11. The molecular formula is C25H34ClN3O4S. The van der Waals surface area contributed by atoms with Gasteiger partial charge in [0.1, 0.15) is 12.6 Å². The summed E-state index contributed by atoms with van der Waals surface area (Å²) in [4.78, 5) is 27.7. The van der Waals surface area contributed by atoms with Gasteiger partial charge in [0.2, 0.25) is 21.8 Å². The molecule has 2 aromatic carbocycles. The van der Waals surface area contributed by atoms with Crippen molar-refractivity contribution in [2.45, 2.75) is 46.7 Å². The van der Waals surface area contributed by atoms with Crippen LogP contribution in [-0.4, -0.2) is 50.5 Å². The zero-order chi connectivity index (χ0) is 25.5. The van der Waals surface area contributed by atoms with Crippen LogP contribution >= 0.6 is 11.6 Å². The summed E-state index contributed by atoms with van der Waals surface area (Å²) in [6.07, 6.45) is 1.87. The smallest absolute Gasteiger partial charge is 0.244 e. The minimum Gasteiger partial charge on any atom is -0.354 e. The van der Waals surface area contributed by atoms with E-state index in [4.69, 9.17) is 11.6 Å². The van der Waals surface area contributed by atoms with E-state index in [-0.39, 0.29) is 18.4 Å². The van der Waals surface area contributed by atoms with Gasteiger partial charge in [-0.25, -0.2) is 8.42 Å². The van der Waals surface area contributed by atoms with E-state index < -0.39 is 28.5 Å². The highest BCUT2D eigenvalue weighted by Gasteiger charge is 2.30. The van der Waals surface area contributed by atoms with Gasteiger partial charge in [-0.2, -0.15) is 0 Å². The number of hydrogen-bond donors (Lipinski definition) is 1. The number of amides is 2. The number of sulfonamides is 1. The second-order valence-electron chi connectivity index (χ2n) is 8.72. The lowest BCUT2D eigenvalue weighted by atomic mass is 10.1. The monoisotopic (exact) mass is 507 g/mol. The van der Waals surface area contributed by atoms with E-state index >= 15 is 0 Å². The summed E-state index contributed by atoms with van der Waals surface area (Å²) in [5, 5.41) is 3.31. The van der Waals surface area contributed by atoms with E-state index in [1.165, 1.54) is 4.90 Å². The molecule has 0 saturated heterocycles. The molecule has 0 unspecified atom stereocenters. The number of benzene rings is 2. The van der Waals surface area contributed by atoms with Crippen molar-refractivity contribution in [3.8, 4) is 0 Å². The highest BCUT2D eigenvalue weighted by molar-refractivity contribution is 7.92. The van der Waals surface area contributed by atoms with Crippen LogP contribution in [0.5, 0.6) is 0 Å². The molecule has 2 amide bonds. The summed E-state index contributed by atoms with van der Waals surface area (Å²) in [5.41, 5.74) is 2.11. The van der Waals surface area contributed by atoms with Crippen molar-refractivity contribution in [1.82, 2.24) is 10.2 Å². The average molecular weight is 508 g/mol. The Labute approximate surface area is 208 Å². The number of nitrogens with one attached hydrogen (secondary N) is 1. The first-order valence-corrected chi connectivity index (χ1v) is 13.5. The van der Waals surface area contributed by atoms with Crippen molar-refractivity contribution >= 4 is 39.1 Å². The summed E-state index contributed by atoms with van der Waals surface area (Å²) >= 11 is 6.32. The highest BCUT2D eigenvalue weighted by Crippen LogP contribution is 2.22. The molecule has 0 bridgehead atoms. The fourth-order valence-corrected chi connectivity index (χ4v) is 4.40. The number of hydrogen-bond acceptors (Lipinski definition) is 4. The fourth-order valence-electron chi connectivity index (χ4n) is 3.36. The van der Waals surface area contributed by atoms with Crippen molar-refractivity contribution in [3.63, 3.8) is 0 Å². The van der Waals surface area contributed by atoms with Gasteiger partial charge in [0.25, 0.3) is 0 Å². The molecule has 0 spiro atoms.